The Hall–Kier alpha value is -2.04. The number of carboxylic acid groups (broad SMARTS) is 1. The Balaban J connectivity index is 2.79. The molecule has 0 aromatic heterocycles. The number of anilines is 1. The van der Waals surface area contributed by atoms with Crippen molar-refractivity contribution in [1.82, 2.24) is 0 Å². The van der Waals surface area contributed by atoms with Gasteiger partial charge in [0.05, 0.1) is 6.21 Å². The molecule has 0 bridgehead atoms. The molecule has 0 saturated heterocycles. The molecule has 0 saturated carbocycles. The van der Waals surface area contributed by atoms with Gasteiger partial charge in [0.1, 0.15) is 6.54 Å². The smallest absolute Gasteiger partial charge is 0.322 e. The Morgan fingerprint density at radius 2 is 2.21 bits per heavy atom. The summed E-state index contributed by atoms with van der Waals surface area (Å²) in [6, 6.07) is 6.95. The molecule has 1 aromatic carbocycles. The normalized spacial score (nSPS) is 10.3. The van der Waals surface area contributed by atoms with Gasteiger partial charge in [0.15, 0.2) is 0 Å². The zero-order chi connectivity index (χ0) is 10.4. The molecule has 0 spiro atoms. The maximum atomic E-state index is 10.3. The number of carbonyl (C=O) groups is 1. The molecule has 14 heavy (non-hydrogen) atoms. The van der Waals surface area contributed by atoms with Gasteiger partial charge in [0.25, 0.3) is 0 Å². The van der Waals surface area contributed by atoms with Crippen molar-refractivity contribution in [3.8, 4) is 0 Å². The summed E-state index contributed by atoms with van der Waals surface area (Å²) in [5.74, 6) is -0.944. The number of nitrogens with one attached hydrogen (secondary N) is 1. The third kappa shape index (κ3) is 2.78. The summed E-state index contributed by atoms with van der Waals surface area (Å²) in [4.78, 5) is 10.3. The fourth-order valence-corrected chi connectivity index (χ4v) is 1.00. The Labute approximate surface area is 80.7 Å². The first-order valence-electron chi connectivity index (χ1n) is 3.96. The van der Waals surface area contributed by atoms with Gasteiger partial charge in [-0.15, -0.1) is 0 Å². The second-order valence-electron chi connectivity index (χ2n) is 2.58. The van der Waals surface area contributed by atoms with Crippen LogP contribution in [0.3, 0.4) is 0 Å². The van der Waals surface area contributed by atoms with E-state index in [9.17, 15) is 4.79 Å². The first-order valence-corrected chi connectivity index (χ1v) is 3.96. The second kappa shape index (κ2) is 4.86. The minimum atomic E-state index is -0.944. The van der Waals surface area contributed by atoms with Crippen LogP contribution < -0.4 is 5.32 Å². The predicted molar refractivity (Wildman–Crippen MR) is 51.9 cm³/mol. The van der Waals surface area contributed by atoms with Gasteiger partial charge >= 0.3 is 5.97 Å². The SMILES string of the molecule is O=C(O)CNc1ccccc1/C=N/O. The van der Waals surface area contributed by atoms with E-state index in [0.717, 1.165) is 0 Å². The molecule has 5 nitrogen and oxygen atoms in total. The summed E-state index contributed by atoms with van der Waals surface area (Å²) >= 11 is 0. The number of oxime groups is 1. The van der Waals surface area contributed by atoms with E-state index < -0.39 is 5.97 Å². The summed E-state index contributed by atoms with van der Waals surface area (Å²) in [7, 11) is 0. The van der Waals surface area contributed by atoms with Crippen LogP contribution in [0.2, 0.25) is 0 Å². The average molecular weight is 194 g/mol. The standard InChI is InChI=1S/C9H10N2O3/c12-9(13)6-10-8-4-2-1-3-7(8)5-11-14/h1-5,10,14H,6H2,(H,12,13)/b11-5+. The zero-order valence-electron chi connectivity index (χ0n) is 7.34. The van der Waals surface area contributed by atoms with Crippen LogP contribution in [0, 0.1) is 0 Å². The lowest BCUT2D eigenvalue weighted by Crippen LogP contribution is -2.13. The van der Waals surface area contributed by atoms with E-state index in [-0.39, 0.29) is 6.54 Å². The third-order valence-corrected chi connectivity index (χ3v) is 1.59. The molecular weight excluding hydrogens is 184 g/mol. The van der Waals surface area contributed by atoms with Crippen LogP contribution in [-0.4, -0.2) is 29.0 Å². The number of rotatable bonds is 4. The second-order valence-corrected chi connectivity index (χ2v) is 2.58. The fourth-order valence-electron chi connectivity index (χ4n) is 1.00. The summed E-state index contributed by atoms with van der Waals surface area (Å²) in [5.41, 5.74) is 1.25. The van der Waals surface area contributed by atoms with Gasteiger partial charge in [-0.3, -0.25) is 4.79 Å². The topological polar surface area (TPSA) is 81.9 Å². The number of para-hydroxylation sites is 1. The quantitative estimate of drug-likeness (QED) is 0.379. The highest BCUT2D eigenvalue weighted by Gasteiger charge is 2.00. The predicted octanol–water partition coefficient (Wildman–Crippen LogP) is 0.991. The highest BCUT2D eigenvalue weighted by Crippen LogP contribution is 2.11. The van der Waals surface area contributed by atoms with Gasteiger partial charge in [-0.1, -0.05) is 23.4 Å². The van der Waals surface area contributed by atoms with Crippen molar-refractivity contribution in [2.75, 3.05) is 11.9 Å². The molecule has 0 aliphatic rings. The Morgan fingerprint density at radius 1 is 1.50 bits per heavy atom. The van der Waals surface area contributed by atoms with Crippen molar-refractivity contribution >= 4 is 17.9 Å². The highest BCUT2D eigenvalue weighted by molar-refractivity contribution is 5.88. The number of carboxylic acids is 1. The lowest BCUT2D eigenvalue weighted by Gasteiger charge is -2.05. The highest BCUT2D eigenvalue weighted by atomic mass is 16.4. The van der Waals surface area contributed by atoms with Gasteiger partial charge in [0.2, 0.25) is 0 Å². The van der Waals surface area contributed by atoms with Crippen molar-refractivity contribution in [1.29, 1.82) is 0 Å². The lowest BCUT2D eigenvalue weighted by molar-refractivity contribution is -0.134. The summed E-state index contributed by atoms with van der Waals surface area (Å²) < 4.78 is 0. The first-order chi connectivity index (χ1) is 6.74. The van der Waals surface area contributed by atoms with Crippen LogP contribution in [0.4, 0.5) is 5.69 Å². The summed E-state index contributed by atoms with van der Waals surface area (Å²) in [5, 5.41) is 22.4. The zero-order valence-corrected chi connectivity index (χ0v) is 7.34. The van der Waals surface area contributed by atoms with Crippen LogP contribution in [0.15, 0.2) is 29.4 Å². The van der Waals surface area contributed by atoms with Crippen molar-refractivity contribution in [3.63, 3.8) is 0 Å². The molecule has 0 aliphatic carbocycles. The van der Waals surface area contributed by atoms with E-state index in [1.54, 1.807) is 24.3 Å². The Morgan fingerprint density at radius 3 is 2.86 bits per heavy atom. The van der Waals surface area contributed by atoms with Gasteiger partial charge < -0.3 is 15.6 Å². The van der Waals surface area contributed by atoms with Crippen LogP contribution in [0.5, 0.6) is 0 Å². The van der Waals surface area contributed by atoms with E-state index in [4.69, 9.17) is 10.3 Å². The average Bonchev–Trinajstić information content (AvgIpc) is 2.17. The number of aliphatic carboxylic acids is 1. The van der Waals surface area contributed by atoms with E-state index in [1.165, 1.54) is 6.21 Å². The van der Waals surface area contributed by atoms with Crippen molar-refractivity contribution < 1.29 is 15.1 Å². The van der Waals surface area contributed by atoms with Gasteiger partial charge in [-0.25, -0.2) is 0 Å². The van der Waals surface area contributed by atoms with Gasteiger partial charge in [-0.2, -0.15) is 0 Å². The molecule has 3 N–H and O–H groups in total. The van der Waals surface area contributed by atoms with E-state index in [2.05, 4.69) is 10.5 Å². The Kier molecular flexibility index (Phi) is 3.49. The summed E-state index contributed by atoms with van der Waals surface area (Å²) in [6.07, 6.45) is 1.24. The molecular formula is C9H10N2O3. The van der Waals surface area contributed by atoms with Crippen LogP contribution in [-0.2, 0) is 4.79 Å². The number of benzene rings is 1. The lowest BCUT2D eigenvalue weighted by atomic mass is 10.2. The number of hydrogen-bond acceptors (Lipinski definition) is 4. The minimum Gasteiger partial charge on any atom is -0.480 e. The molecule has 0 amide bonds. The maximum Gasteiger partial charge on any atom is 0.322 e. The van der Waals surface area contributed by atoms with E-state index >= 15 is 0 Å². The third-order valence-electron chi connectivity index (χ3n) is 1.59. The molecule has 0 unspecified atom stereocenters. The van der Waals surface area contributed by atoms with Crippen molar-refractivity contribution in [2.45, 2.75) is 0 Å². The van der Waals surface area contributed by atoms with E-state index in [0.29, 0.717) is 11.3 Å². The molecule has 0 aliphatic heterocycles. The van der Waals surface area contributed by atoms with E-state index in [1.807, 2.05) is 0 Å². The maximum absolute atomic E-state index is 10.3. The van der Waals surface area contributed by atoms with Crippen LogP contribution in [0.25, 0.3) is 0 Å². The molecule has 0 heterocycles. The van der Waals surface area contributed by atoms with Crippen molar-refractivity contribution in [2.24, 2.45) is 5.16 Å². The molecule has 0 atom stereocenters. The van der Waals surface area contributed by atoms with Crippen LogP contribution in [0.1, 0.15) is 5.56 Å². The monoisotopic (exact) mass is 194 g/mol. The minimum absolute atomic E-state index is 0.170. The molecule has 1 rings (SSSR count). The first kappa shape index (κ1) is 10.0. The fraction of sp³-hybridized carbons (Fsp3) is 0.111. The molecule has 74 valence electrons. The molecule has 5 heteroatoms. The number of nitrogens with zero attached hydrogens (tertiary/aromatic N) is 1. The number of hydrogen-bond donors (Lipinski definition) is 3. The summed E-state index contributed by atoms with van der Waals surface area (Å²) in [6.45, 7) is -0.170. The molecule has 1 aromatic rings. The largest absolute Gasteiger partial charge is 0.480 e. The van der Waals surface area contributed by atoms with Crippen LogP contribution >= 0.6 is 0 Å². The van der Waals surface area contributed by atoms with Crippen molar-refractivity contribution in [3.05, 3.63) is 29.8 Å². The Bertz CT molecular complexity index is 350. The van der Waals surface area contributed by atoms with Gasteiger partial charge in [-0.05, 0) is 6.07 Å². The van der Waals surface area contributed by atoms with Gasteiger partial charge in [0, 0.05) is 11.3 Å². The molecule has 0 radical (unpaired) electrons. The molecule has 0 fully saturated rings.